The first-order chi connectivity index (χ1) is 10.6. The number of aromatic nitrogens is 3. The Morgan fingerprint density at radius 1 is 1.18 bits per heavy atom. The molecule has 1 aromatic heterocycles. The Balaban J connectivity index is 2.15. The molecule has 0 saturated heterocycles. The van der Waals surface area contributed by atoms with Gasteiger partial charge in [-0.3, -0.25) is 5.10 Å². The summed E-state index contributed by atoms with van der Waals surface area (Å²) in [6.45, 7) is 4.11. The van der Waals surface area contributed by atoms with E-state index < -0.39 is 0 Å². The number of nitrogens with one attached hydrogen (secondary N) is 1. The number of halogens is 1. The van der Waals surface area contributed by atoms with Gasteiger partial charge in [0.1, 0.15) is 11.4 Å². The molecule has 3 aromatic rings. The first-order valence-corrected chi connectivity index (χ1v) is 8.18. The number of aromatic hydroxyl groups is 1. The van der Waals surface area contributed by atoms with Crippen molar-refractivity contribution in [3.8, 4) is 28.3 Å². The zero-order valence-electron chi connectivity index (χ0n) is 12.4. The quantitative estimate of drug-likeness (QED) is 0.639. The van der Waals surface area contributed by atoms with Gasteiger partial charge in [-0.05, 0) is 71.3 Å². The smallest absolute Gasteiger partial charge is 0.125 e. The van der Waals surface area contributed by atoms with Crippen LogP contribution in [0.25, 0.3) is 22.5 Å². The molecule has 0 radical (unpaired) electrons. The van der Waals surface area contributed by atoms with Crippen molar-refractivity contribution in [1.29, 1.82) is 0 Å². The van der Waals surface area contributed by atoms with Gasteiger partial charge in [-0.1, -0.05) is 24.3 Å². The van der Waals surface area contributed by atoms with Crippen LogP contribution in [-0.4, -0.2) is 20.5 Å². The molecule has 0 bridgehead atoms. The van der Waals surface area contributed by atoms with Crippen LogP contribution in [0.3, 0.4) is 0 Å². The third kappa shape index (κ3) is 2.72. The van der Waals surface area contributed by atoms with E-state index in [2.05, 4.69) is 44.9 Å². The molecular weight excluding hydrogens is 389 g/mol. The monoisotopic (exact) mass is 405 g/mol. The summed E-state index contributed by atoms with van der Waals surface area (Å²) in [5.41, 5.74) is 5.49. The molecule has 0 aliphatic carbocycles. The van der Waals surface area contributed by atoms with Gasteiger partial charge in [0.25, 0.3) is 0 Å². The number of aryl methyl sites for hydroxylation is 2. The van der Waals surface area contributed by atoms with Crippen LogP contribution in [0.15, 0.2) is 36.4 Å². The molecular formula is C17H16IN3O. The van der Waals surface area contributed by atoms with Crippen LogP contribution < -0.4 is 0 Å². The van der Waals surface area contributed by atoms with Crippen molar-refractivity contribution in [2.75, 3.05) is 0 Å². The van der Waals surface area contributed by atoms with Crippen LogP contribution in [-0.2, 0) is 6.42 Å². The fourth-order valence-electron chi connectivity index (χ4n) is 2.54. The standard InChI is InChI=1S/C17H16IN3O/c1-3-11-9-14(15(22)8-10(11)2)17-16(19-21-20-17)12-4-6-13(18)7-5-12/h4-9,22H,3H2,1-2H3,(H,19,20,21). The number of H-pyrrole nitrogens is 1. The molecule has 0 aliphatic rings. The number of aromatic amines is 1. The lowest BCUT2D eigenvalue weighted by molar-refractivity contribution is 0.476. The van der Waals surface area contributed by atoms with E-state index in [1.165, 1.54) is 9.13 Å². The minimum atomic E-state index is 0.232. The van der Waals surface area contributed by atoms with Crippen molar-refractivity contribution in [3.63, 3.8) is 0 Å². The Morgan fingerprint density at radius 2 is 1.91 bits per heavy atom. The normalized spacial score (nSPS) is 10.9. The highest BCUT2D eigenvalue weighted by atomic mass is 127. The van der Waals surface area contributed by atoms with Crippen molar-refractivity contribution < 1.29 is 5.11 Å². The first-order valence-electron chi connectivity index (χ1n) is 7.10. The molecule has 4 nitrogen and oxygen atoms in total. The molecule has 0 amide bonds. The Morgan fingerprint density at radius 3 is 2.59 bits per heavy atom. The fraction of sp³-hybridized carbons (Fsp3) is 0.176. The van der Waals surface area contributed by atoms with Crippen molar-refractivity contribution in [1.82, 2.24) is 15.4 Å². The van der Waals surface area contributed by atoms with Crippen LogP contribution in [0, 0.1) is 10.5 Å². The van der Waals surface area contributed by atoms with Gasteiger partial charge in [-0.2, -0.15) is 0 Å². The lowest BCUT2D eigenvalue weighted by Gasteiger charge is -2.09. The molecule has 0 aliphatic heterocycles. The highest BCUT2D eigenvalue weighted by Crippen LogP contribution is 2.35. The van der Waals surface area contributed by atoms with Crippen LogP contribution >= 0.6 is 22.6 Å². The highest BCUT2D eigenvalue weighted by molar-refractivity contribution is 14.1. The minimum Gasteiger partial charge on any atom is -0.507 e. The average Bonchev–Trinajstić information content (AvgIpc) is 2.97. The maximum atomic E-state index is 10.3. The van der Waals surface area contributed by atoms with Crippen LogP contribution in [0.4, 0.5) is 0 Å². The maximum Gasteiger partial charge on any atom is 0.125 e. The molecule has 2 N–H and O–H groups in total. The molecule has 0 atom stereocenters. The minimum absolute atomic E-state index is 0.232. The van der Waals surface area contributed by atoms with E-state index in [0.29, 0.717) is 11.3 Å². The molecule has 0 saturated carbocycles. The number of nitrogens with zero attached hydrogens (tertiary/aromatic N) is 2. The van der Waals surface area contributed by atoms with E-state index in [1.54, 1.807) is 6.07 Å². The van der Waals surface area contributed by atoms with Gasteiger partial charge in [0.2, 0.25) is 0 Å². The summed E-state index contributed by atoms with van der Waals surface area (Å²) in [5.74, 6) is 0.232. The highest BCUT2D eigenvalue weighted by Gasteiger charge is 2.16. The second kappa shape index (κ2) is 6.08. The Kier molecular flexibility index (Phi) is 4.15. The van der Waals surface area contributed by atoms with E-state index in [1.807, 2.05) is 37.3 Å². The predicted molar refractivity (Wildman–Crippen MR) is 95.8 cm³/mol. The fourth-order valence-corrected chi connectivity index (χ4v) is 2.90. The summed E-state index contributed by atoms with van der Waals surface area (Å²) < 4.78 is 1.17. The van der Waals surface area contributed by atoms with Crippen molar-refractivity contribution in [2.45, 2.75) is 20.3 Å². The lowest BCUT2D eigenvalue weighted by Crippen LogP contribution is -1.91. The van der Waals surface area contributed by atoms with Crippen molar-refractivity contribution >= 4 is 22.6 Å². The molecule has 5 heteroatoms. The topological polar surface area (TPSA) is 61.8 Å². The largest absolute Gasteiger partial charge is 0.507 e. The van der Waals surface area contributed by atoms with Gasteiger partial charge >= 0.3 is 0 Å². The van der Waals surface area contributed by atoms with Gasteiger partial charge in [-0.25, -0.2) is 0 Å². The van der Waals surface area contributed by atoms with E-state index in [0.717, 1.165) is 23.2 Å². The number of phenols is 1. The molecule has 0 spiro atoms. The summed E-state index contributed by atoms with van der Waals surface area (Å²) in [6.07, 6.45) is 0.913. The Bertz CT molecular complexity index is 809. The van der Waals surface area contributed by atoms with E-state index in [-0.39, 0.29) is 5.75 Å². The number of hydrogen-bond acceptors (Lipinski definition) is 3. The van der Waals surface area contributed by atoms with Gasteiger partial charge in [0.05, 0.1) is 5.69 Å². The van der Waals surface area contributed by atoms with E-state index >= 15 is 0 Å². The summed E-state index contributed by atoms with van der Waals surface area (Å²) in [6, 6.07) is 11.9. The molecule has 0 fully saturated rings. The summed E-state index contributed by atoms with van der Waals surface area (Å²) >= 11 is 2.27. The van der Waals surface area contributed by atoms with Crippen LogP contribution in [0.2, 0.25) is 0 Å². The van der Waals surface area contributed by atoms with Gasteiger partial charge in [0.15, 0.2) is 0 Å². The number of hydrogen-bond donors (Lipinski definition) is 2. The summed E-state index contributed by atoms with van der Waals surface area (Å²) in [4.78, 5) is 0. The molecule has 3 rings (SSSR count). The average molecular weight is 405 g/mol. The maximum absolute atomic E-state index is 10.3. The van der Waals surface area contributed by atoms with Gasteiger partial charge in [-0.15, -0.1) is 5.10 Å². The predicted octanol–water partition coefficient (Wildman–Crippen LogP) is 4.32. The SMILES string of the molecule is CCc1cc(-c2nn[nH]c2-c2ccc(I)cc2)c(O)cc1C. The van der Waals surface area contributed by atoms with Crippen LogP contribution in [0.1, 0.15) is 18.1 Å². The van der Waals surface area contributed by atoms with Crippen LogP contribution in [0.5, 0.6) is 5.75 Å². The third-order valence-electron chi connectivity index (χ3n) is 3.77. The lowest BCUT2D eigenvalue weighted by atomic mass is 9.98. The van der Waals surface area contributed by atoms with E-state index in [9.17, 15) is 5.11 Å². The number of rotatable bonds is 3. The zero-order chi connectivity index (χ0) is 15.7. The van der Waals surface area contributed by atoms with E-state index in [4.69, 9.17) is 0 Å². The van der Waals surface area contributed by atoms with Crippen molar-refractivity contribution in [3.05, 3.63) is 51.1 Å². The van der Waals surface area contributed by atoms with Gasteiger partial charge < -0.3 is 5.11 Å². The zero-order valence-corrected chi connectivity index (χ0v) is 14.5. The Labute approximate surface area is 142 Å². The Hall–Kier alpha value is -1.89. The first kappa shape index (κ1) is 15.0. The molecule has 2 aromatic carbocycles. The molecule has 0 unspecified atom stereocenters. The summed E-state index contributed by atoms with van der Waals surface area (Å²) in [5, 5.41) is 21.4. The second-order valence-electron chi connectivity index (χ2n) is 5.19. The number of phenolic OH excluding ortho intramolecular Hbond substituents is 1. The van der Waals surface area contributed by atoms with Crippen molar-refractivity contribution in [2.24, 2.45) is 0 Å². The van der Waals surface area contributed by atoms with Gasteiger partial charge in [0, 0.05) is 14.7 Å². The number of benzene rings is 2. The molecule has 112 valence electrons. The molecule has 1 heterocycles. The third-order valence-corrected chi connectivity index (χ3v) is 4.49. The second-order valence-corrected chi connectivity index (χ2v) is 6.44. The summed E-state index contributed by atoms with van der Waals surface area (Å²) in [7, 11) is 0. The molecule has 22 heavy (non-hydrogen) atoms.